The average molecular weight is 358 g/mol. The standard InChI is InChI=1S/C19H22N2O5/c1-11-16(12(2)26-21-11)19(22)20-14-9-24-18-15(10-25-17(14)18)23-8-13-6-4-3-5-7-13/h3-7,14-15,17-18H,8-10H2,1-2H3,(H,20,22)/t14-,15-,17-,18+/m1/s1. The fraction of sp³-hybridized carbons (Fsp3) is 0.474. The van der Waals surface area contributed by atoms with E-state index < -0.39 is 0 Å². The summed E-state index contributed by atoms with van der Waals surface area (Å²) in [6.45, 7) is 4.84. The molecule has 138 valence electrons. The van der Waals surface area contributed by atoms with E-state index in [0.29, 0.717) is 36.8 Å². The van der Waals surface area contributed by atoms with Crippen LogP contribution in [0.4, 0.5) is 0 Å². The molecule has 2 aromatic rings. The minimum absolute atomic E-state index is 0.138. The molecule has 7 nitrogen and oxygen atoms in total. The number of carbonyl (C=O) groups is 1. The van der Waals surface area contributed by atoms with Crippen LogP contribution in [-0.2, 0) is 20.8 Å². The van der Waals surface area contributed by atoms with E-state index in [1.165, 1.54) is 0 Å². The summed E-state index contributed by atoms with van der Waals surface area (Å²) >= 11 is 0. The maximum atomic E-state index is 12.5. The number of nitrogens with one attached hydrogen (secondary N) is 1. The Labute approximate surface area is 151 Å². The van der Waals surface area contributed by atoms with Crippen LogP contribution in [0.15, 0.2) is 34.9 Å². The van der Waals surface area contributed by atoms with Crippen LogP contribution in [0.5, 0.6) is 0 Å². The molecule has 0 spiro atoms. The number of amides is 1. The number of rotatable bonds is 5. The number of hydrogen-bond donors (Lipinski definition) is 1. The zero-order valence-electron chi connectivity index (χ0n) is 14.8. The molecule has 7 heteroatoms. The summed E-state index contributed by atoms with van der Waals surface area (Å²) in [5, 5.41) is 6.81. The third kappa shape index (κ3) is 3.25. The fourth-order valence-corrected chi connectivity index (χ4v) is 3.56. The van der Waals surface area contributed by atoms with Crippen molar-refractivity contribution in [1.82, 2.24) is 10.5 Å². The number of nitrogens with zero attached hydrogens (tertiary/aromatic N) is 1. The summed E-state index contributed by atoms with van der Waals surface area (Å²) < 4.78 is 22.8. The Morgan fingerprint density at radius 1 is 1.19 bits per heavy atom. The van der Waals surface area contributed by atoms with Crippen molar-refractivity contribution in [2.45, 2.75) is 44.8 Å². The Hall–Kier alpha value is -2.22. The van der Waals surface area contributed by atoms with E-state index in [1.54, 1.807) is 13.8 Å². The van der Waals surface area contributed by atoms with Crippen molar-refractivity contribution < 1.29 is 23.5 Å². The van der Waals surface area contributed by atoms with Crippen molar-refractivity contribution in [2.75, 3.05) is 13.2 Å². The number of ether oxygens (including phenoxy) is 3. The Morgan fingerprint density at radius 2 is 1.96 bits per heavy atom. The molecule has 0 unspecified atom stereocenters. The van der Waals surface area contributed by atoms with Gasteiger partial charge in [-0.15, -0.1) is 0 Å². The van der Waals surface area contributed by atoms with Crippen molar-refractivity contribution in [2.24, 2.45) is 0 Å². The second kappa shape index (κ2) is 7.19. The third-order valence-electron chi connectivity index (χ3n) is 4.89. The third-order valence-corrected chi connectivity index (χ3v) is 4.89. The molecule has 2 aliphatic heterocycles. The van der Waals surface area contributed by atoms with Gasteiger partial charge in [-0.3, -0.25) is 4.79 Å². The van der Waals surface area contributed by atoms with Crippen molar-refractivity contribution in [3.05, 3.63) is 52.9 Å². The Balaban J connectivity index is 1.35. The normalized spacial score (nSPS) is 27.5. The fourth-order valence-electron chi connectivity index (χ4n) is 3.56. The van der Waals surface area contributed by atoms with Gasteiger partial charge in [0.05, 0.1) is 31.6 Å². The summed E-state index contributed by atoms with van der Waals surface area (Å²) in [5.74, 6) is 0.291. The first-order chi connectivity index (χ1) is 12.6. The van der Waals surface area contributed by atoms with Gasteiger partial charge in [0.2, 0.25) is 0 Å². The highest BCUT2D eigenvalue weighted by atomic mass is 16.6. The Kier molecular flexibility index (Phi) is 4.76. The first kappa shape index (κ1) is 17.2. The van der Waals surface area contributed by atoms with Gasteiger partial charge in [-0.1, -0.05) is 35.5 Å². The first-order valence-electron chi connectivity index (χ1n) is 8.76. The lowest BCUT2D eigenvalue weighted by Gasteiger charge is -2.18. The summed E-state index contributed by atoms with van der Waals surface area (Å²) in [4.78, 5) is 12.5. The van der Waals surface area contributed by atoms with Crippen LogP contribution in [0.2, 0.25) is 0 Å². The largest absolute Gasteiger partial charge is 0.370 e. The van der Waals surface area contributed by atoms with Crippen LogP contribution in [-0.4, -0.2) is 48.6 Å². The van der Waals surface area contributed by atoms with Crippen LogP contribution >= 0.6 is 0 Å². The van der Waals surface area contributed by atoms with Crippen molar-refractivity contribution >= 4 is 5.91 Å². The number of carbonyl (C=O) groups excluding carboxylic acids is 1. The van der Waals surface area contributed by atoms with E-state index in [0.717, 1.165) is 5.56 Å². The maximum Gasteiger partial charge on any atom is 0.257 e. The minimum Gasteiger partial charge on any atom is -0.370 e. The van der Waals surface area contributed by atoms with Gasteiger partial charge in [-0.25, -0.2) is 0 Å². The zero-order chi connectivity index (χ0) is 18.1. The molecular formula is C19H22N2O5. The summed E-state index contributed by atoms with van der Waals surface area (Å²) in [5.41, 5.74) is 2.16. The molecule has 0 aliphatic carbocycles. The van der Waals surface area contributed by atoms with Crippen molar-refractivity contribution in [3.8, 4) is 0 Å². The lowest BCUT2D eigenvalue weighted by molar-refractivity contribution is -0.0392. The molecule has 4 rings (SSSR count). The van der Waals surface area contributed by atoms with Crippen molar-refractivity contribution in [1.29, 1.82) is 0 Å². The van der Waals surface area contributed by atoms with Gasteiger partial charge in [0, 0.05) is 0 Å². The molecular weight excluding hydrogens is 336 g/mol. The molecule has 0 radical (unpaired) electrons. The first-order valence-corrected chi connectivity index (χ1v) is 8.76. The molecule has 2 fully saturated rings. The molecule has 26 heavy (non-hydrogen) atoms. The number of aromatic nitrogens is 1. The summed E-state index contributed by atoms with van der Waals surface area (Å²) in [6.07, 6.45) is -0.518. The van der Waals surface area contributed by atoms with Gasteiger partial charge in [0.1, 0.15) is 29.6 Å². The maximum absolute atomic E-state index is 12.5. The second-order valence-electron chi connectivity index (χ2n) is 6.71. The predicted molar refractivity (Wildman–Crippen MR) is 91.7 cm³/mol. The Morgan fingerprint density at radius 3 is 2.69 bits per heavy atom. The van der Waals surface area contributed by atoms with E-state index in [9.17, 15) is 4.79 Å². The molecule has 3 heterocycles. The highest BCUT2D eigenvalue weighted by Crippen LogP contribution is 2.29. The summed E-state index contributed by atoms with van der Waals surface area (Å²) in [6, 6.07) is 9.78. The molecule has 2 saturated heterocycles. The molecule has 2 aliphatic rings. The number of benzene rings is 1. The zero-order valence-corrected chi connectivity index (χ0v) is 14.8. The van der Waals surface area contributed by atoms with Gasteiger partial charge < -0.3 is 24.1 Å². The SMILES string of the molecule is Cc1noc(C)c1C(=O)N[C@@H]1CO[C@@H]2[C@@H]1OC[C@H]2OCc1ccccc1. The second-order valence-corrected chi connectivity index (χ2v) is 6.71. The van der Waals surface area contributed by atoms with E-state index >= 15 is 0 Å². The minimum atomic E-state index is -0.216. The van der Waals surface area contributed by atoms with Crippen LogP contribution in [0.25, 0.3) is 0 Å². The molecule has 0 bridgehead atoms. The van der Waals surface area contributed by atoms with E-state index in [4.69, 9.17) is 18.7 Å². The van der Waals surface area contributed by atoms with Crippen LogP contribution < -0.4 is 5.32 Å². The molecule has 1 N–H and O–H groups in total. The monoisotopic (exact) mass is 358 g/mol. The van der Waals surface area contributed by atoms with Crippen LogP contribution in [0, 0.1) is 13.8 Å². The molecule has 1 aromatic heterocycles. The van der Waals surface area contributed by atoms with E-state index in [2.05, 4.69) is 10.5 Å². The average Bonchev–Trinajstić information content (AvgIpc) is 3.31. The smallest absolute Gasteiger partial charge is 0.257 e. The van der Waals surface area contributed by atoms with E-state index in [1.807, 2.05) is 30.3 Å². The highest BCUT2D eigenvalue weighted by Gasteiger charge is 2.49. The van der Waals surface area contributed by atoms with E-state index in [-0.39, 0.29) is 30.3 Å². The topological polar surface area (TPSA) is 82.8 Å². The van der Waals surface area contributed by atoms with Gasteiger partial charge in [0.15, 0.2) is 0 Å². The van der Waals surface area contributed by atoms with Crippen molar-refractivity contribution in [3.63, 3.8) is 0 Å². The lowest BCUT2D eigenvalue weighted by Crippen LogP contribution is -2.44. The van der Waals surface area contributed by atoms with Crippen LogP contribution in [0.1, 0.15) is 27.4 Å². The summed E-state index contributed by atoms with van der Waals surface area (Å²) in [7, 11) is 0. The number of fused-ring (bicyclic) bond motifs is 1. The molecule has 1 amide bonds. The predicted octanol–water partition coefficient (Wildman–Crippen LogP) is 1.77. The van der Waals surface area contributed by atoms with Crippen LogP contribution in [0.3, 0.4) is 0 Å². The lowest BCUT2D eigenvalue weighted by atomic mass is 10.1. The van der Waals surface area contributed by atoms with Gasteiger partial charge in [-0.05, 0) is 19.4 Å². The highest BCUT2D eigenvalue weighted by molar-refractivity contribution is 5.96. The molecule has 0 saturated carbocycles. The Bertz CT molecular complexity index is 756. The molecule has 1 aromatic carbocycles. The van der Waals surface area contributed by atoms with Gasteiger partial charge in [0.25, 0.3) is 5.91 Å². The van der Waals surface area contributed by atoms with Gasteiger partial charge >= 0.3 is 0 Å². The molecule has 4 atom stereocenters. The number of aryl methyl sites for hydroxylation is 2. The van der Waals surface area contributed by atoms with Gasteiger partial charge in [-0.2, -0.15) is 0 Å². The quantitative estimate of drug-likeness (QED) is 0.877. The number of hydrogen-bond acceptors (Lipinski definition) is 6.